The van der Waals surface area contributed by atoms with Gasteiger partial charge in [0.25, 0.3) is 0 Å². The molecule has 0 unspecified atom stereocenters. The molecule has 0 fully saturated rings. The average Bonchev–Trinajstić information content (AvgIpc) is 3.34. The molecule has 28 heavy (non-hydrogen) atoms. The van der Waals surface area contributed by atoms with E-state index in [-0.39, 0.29) is 6.04 Å². The number of benzene rings is 2. The van der Waals surface area contributed by atoms with E-state index in [1.54, 1.807) is 25.6 Å². The third-order valence-electron chi connectivity index (χ3n) is 4.68. The molecular formula is C21H20ClN3O2S. The van der Waals surface area contributed by atoms with Crippen LogP contribution in [0.25, 0.3) is 11.3 Å². The molecule has 0 saturated carbocycles. The van der Waals surface area contributed by atoms with Gasteiger partial charge in [-0.15, -0.1) is 11.3 Å². The fourth-order valence-electron chi connectivity index (χ4n) is 3.28. The highest BCUT2D eigenvalue weighted by molar-refractivity contribution is 7.14. The highest BCUT2D eigenvalue weighted by Gasteiger charge is 2.30. The van der Waals surface area contributed by atoms with Crippen LogP contribution >= 0.6 is 22.9 Å². The van der Waals surface area contributed by atoms with E-state index in [4.69, 9.17) is 31.2 Å². The zero-order chi connectivity index (χ0) is 19.7. The van der Waals surface area contributed by atoms with Crippen molar-refractivity contribution in [2.24, 2.45) is 5.10 Å². The largest absolute Gasteiger partial charge is 0.493 e. The molecule has 1 aliphatic rings. The number of thiazole rings is 1. The van der Waals surface area contributed by atoms with Gasteiger partial charge in [-0.25, -0.2) is 9.99 Å². The summed E-state index contributed by atoms with van der Waals surface area (Å²) in [6.45, 7) is 2.04. The summed E-state index contributed by atoms with van der Waals surface area (Å²) in [6, 6.07) is 13.8. The van der Waals surface area contributed by atoms with Gasteiger partial charge in [0.2, 0.25) is 5.13 Å². The van der Waals surface area contributed by atoms with Crippen molar-refractivity contribution < 1.29 is 9.47 Å². The Labute approximate surface area is 173 Å². The number of halogens is 1. The number of aromatic nitrogens is 1. The van der Waals surface area contributed by atoms with E-state index in [0.717, 1.165) is 34.1 Å². The first-order valence-corrected chi connectivity index (χ1v) is 10.1. The fourth-order valence-corrected chi connectivity index (χ4v) is 4.24. The fraction of sp³-hybridized carbons (Fsp3) is 0.238. The lowest BCUT2D eigenvalue weighted by Crippen LogP contribution is -2.18. The predicted molar refractivity (Wildman–Crippen MR) is 115 cm³/mol. The van der Waals surface area contributed by atoms with Gasteiger partial charge < -0.3 is 9.47 Å². The number of rotatable bonds is 5. The number of hydrogen-bond acceptors (Lipinski definition) is 6. The number of hydrogen-bond donors (Lipinski definition) is 0. The number of ether oxygens (including phenoxy) is 2. The molecule has 5 nitrogen and oxygen atoms in total. The maximum atomic E-state index is 5.99. The van der Waals surface area contributed by atoms with Gasteiger partial charge in [-0.2, -0.15) is 5.10 Å². The highest BCUT2D eigenvalue weighted by atomic mass is 35.5. The first-order chi connectivity index (χ1) is 13.6. The van der Waals surface area contributed by atoms with E-state index in [1.807, 2.05) is 53.7 Å². The molecule has 2 aromatic carbocycles. The molecule has 0 spiro atoms. The molecule has 0 amide bonds. The second kappa shape index (κ2) is 7.81. The van der Waals surface area contributed by atoms with Crippen LogP contribution in [0.3, 0.4) is 0 Å². The second-order valence-corrected chi connectivity index (χ2v) is 7.81. The molecule has 7 heteroatoms. The SMILES string of the molecule is COc1ccc([C@@H]2CC(C)=NN2c2nc(-c3ccc(Cl)cc3)cs2)cc1OC. The minimum absolute atomic E-state index is 0.0732. The summed E-state index contributed by atoms with van der Waals surface area (Å²) >= 11 is 7.58. The van der Waals surface area contributed by atoms with Gasteiger partial charge in [0.05, 0.1) is 26.0 Å². The van der Waals surface area contributed by atoms with Gasteiger partial charge >= 0.3 is 0 Å². The van der Waals surface area contributed by atoms with E-state index in [0.29, 0.717) is 16.5 Å². The molecule has 0 radical (unpaired) electrons. The summed E-state index contributed by atoms with van der Waals surface area (Å²) in [4.78, 5) is 4.82. The molecule has 144 valence electrons. The molecule has 1 aliphatic heterocycles. The van der Waals surface area contributed by atoms with E-state index < -0.39 is 0 Å². The second-order valence-electron chi connectivity index (χ2n) is 6.54. The van der Waals surface area contributed by atoms with E-state index in [9.17, 15) is 0 Å². The molecule has 3 aromatic rings. The first-order valence-electron chi connectivity index (χ1n) is 8.85. The lowest BCUT2D eigenvalue weighted by Gasteiger charge is -2.22. The van der Waals surface area contributed by atoms with E-state index >= 15 is 0 Å². The van der Waals surface area contributed by atoms with Crippen LogP contribution in [0.1, 0.15) is 24.9 Å². The number of anilines is 1. The minimum atomic E-state index is 0.0732. The summed E-state index contributed by atoms with van der Waals surface area (Å²) in [6.07, 6.45) is 0.839. The van der Waals surface area contributed by atoms with Crippen molar-refractivity contribution in [3.8, 4) is 22.8 Å². The Kier molecular flexibility index (Phi) is 5.24. The molecule has 0 bridgehead atoms. The molecule has 0 saturated heterocycles. The lowest BCUT2D eigenvalue weighted by molar-refractivity contribution is 0.354. The van der Waals surface area contributed by atoms with Crippen molar-refractivity contribution in [1.29, 1.82) is 0 Å². The van der Waals surface area contributed by atoms with E-state index in [2.05, 4.69) is 6.07 Å². The van der Waals surface area contributed by atoms with Gasteiger partial charge in [-0.3, -0.25) is 0 Å². The number of hydrazone groups is 1. The standard InChI is InChI=1S/C21H20ClN3O2S/c1-13-10-18(15-6-9-19(26-2)20(11-15)27-3)25(24-13)21-23-17(12-28-21)14-4-7-16(22)8-5-14/h4-9,11-12,18H,10H2,1-3H3/t18-/m0/s1. The summed E-state index contributed by atoms with van der Waals surface area (Å²) in [7, 11) is 3.29. The van der Waals surface area contributed by atoms with Crippen LogP contribution in [0.5, 0.6) is 11.5 Å². The quantitative estimate of drug-likeness (QED) is 0.529. The normalized spacial score (nSPS) is 16.2. The zero-order valence-electron chi connectivity index (χ0n) is 15.8. The number of nitrogens with zero attached hydrogens (tertiary/aromatic N) is 3. The Morgan fingerprint density at radius 3 is 2.54 bits per heavy atom. The zero-order valence-corrected chi connectivity index (χ0v) is 17.4. The summed E-state index contributed by atoms with van der Waals surface area (Å²) < 4.78 is 10.8. The van der Waals surface area contributed by atoms with Crippen molar-refractivity contribution >= 4 is 33.8 Å². The van der Waals surface area contributed by atoms with Gasteiger partial charge in [0, 0.05) is 28.1 Å². The van der Waals surface area contributed by atoms with Gasteiger partial charge in [-0.05, 0) is 36.8 Å². The predicted octanol–water partition coefficient (Wildman–Crippen LogP) is 5.81. The molecule has 0 aliphatic carbocycles. The third kappa shape index (κ3) is 3.57. The average molecular weight is 414 g/mol. The third-order valence-corrected chi connectivity index (χ3v) is 5.77. The Morgan fingerprint density at radius 1 is 1.07 bits per heavy atom. The van der Waals surface area contributed by atoms with Crippen molar-refractivity contribution in [3.63, 3.8) is 0 Å². The van der Waals surface area contributed by atoms with Crippen LogP contribution in [0, 0.1) is 0 Å². The molecular weight excluding hydrogens is 394 g/mol. The first kappa shape index (κ1) is 18.8. The Bertz CT molecular complexity index is 1020. The topological polar surface area (TPSA) is 47.0 Å². The molecule has 1 atom stereocenters. The monoisotopic (exact) mass is 413 g/mol. The minimum Gasteiger partial charge on any atom is -0.493 e. The van der Waals surface area contributed by atoms with Crippen LogP contribution in [0.15, 0.2) is 52.9 Å². The smallest absolute Gasteiger partial charge is 0.207 e. The Balaban J connectivity index is 1.66. The molecule has 2 heterocycles. The van der Waals surface area contributed by atoms with Gasteiger partial charge in [0.15, 0.2) is 11.5 Å². The van der Waals surface area contributed by atoms with Crippen LogP contribution < -0.4 is 14.5 Å². The van der Waals surface area contributed by atoms with Gasteiger partial charge in [0.1, 0.15) is 0 Å². The van der Waals surface area contributed by atoms with Crippen LogP contribution in [0.2, 0.25) is 5.02 Å². The van der Waals surface area contributed by atoms with Crippen LogP contribution in [0.4, 0.5) is 5.13 Å². The van der Waals surface area contributed by atoms with Gasteiger partial charge in [-0.1, -0.05) is 29.8 Å². The molecule has 4 rings (SSSR count). The molecule has 0 N–H and O–H groups in total. The maximum Gasteiger partial charge on any atom is 0.207 e. The summed E-state index contributed by atoms with van der Waals surface area (Å²) in [5, 5.41) is 10.4. The number of methoxy groups -OCH3 is 2. The van der Waals surface area contributed by atoms with Crippen molar-refractivity contribution in [2.45, 2.75) is 19.4 Å². The lowest BCUT2D eigenvalue weighted by atomic mass is 10.0. The van der Waals surface area contributed by atoms with Crippen LogP contribution in [-0.4, -0.2) is 24.9 Å². The van der Waals surface area contributed by atoms with E-state index in [1.165, 1.54) is 0 Å². The molecule has 1 aromatic heterocycles. The van der Waals surface area contributed by atoms with Crippen molar-refractivity contribution in [2.75, 3.05) is 19.2 Å². The summed E-state index contributed by atoms with van der Waals surface area (Å²) in [5.41, 5.74) is 4.14. The highest BCUT2D eigenvalue weighted by Crippen LogP contribution is 2.40. The van der Waals surface area contributed by atoms with Crippen molar-refractivity contribution in [3.05, 3.63) is 58.4 Å². The Hall–Kier alpha value is -2.57. The summed E-state index contributed by atoms with van der Waals surface area (Å²) in [5.74, 6) is 1.43. The Morgan fingerprint density at radius 2 is 1.82 bits per heavy atom. The van der Waals surface area contributed by atoms with Crippen molar-refractivity contribution in [1.82, 2.24) is 4.98 Å². The van der Waals surface area contributed by atoms with Crippen LogP contribution in [-0.2, 0) is 0 Å². The maximum absolute atomic E-state index is 5.99.